The van der Waals surface area contributed by atoms with Gasteiger partial charge in [-0.2, -0.15) is 5.10 Å². The van der Waals surface area contributed by atoms with Crippen molar-refractivity contribution < 1.29 is 0 Å². The number of rotatable bonds is 2. The Morgan fingerprint density at radius 3 is 2.93 bits per heavy atom. The molecule has 4 heteroatoms. The lowest BCUT2D eigenvalue weighted by Gasteiger charge is -2.23. The van der Waals surface area contributed by atoms with Gasteiger partial charge in [-0.15, -0.1) is 0 Å². The molecule has 1 aliphatic carbocycles. The first-order chi connectivity index (χ1) is 7.34. The van der Waals surface area contributed by atoms with Crippen molar-refractivity contribution in [2.45, 2.75) is 37.6 Å². The van der Waals surface area contributed by atoms with Gasteiger partial charge in [0.15, 0.2) is 0 Å². The van der Waals surface area contributed by atoms with Crippen molar-refractivity contribution in [3.63, 3.8) is 0 Å². The minimum atomic E-state index is 0.464. The normalized spacial score (nSPS) is 26.8. The Labute approximate surface area is 89.8 Å². The van der Waals surface area contributed by atoms with Crippen LogP contribution >= 0.6 is 0 Å². The highest BCUT2D eigenvalue weighted by atomic mass is 15.3. The predicted octanol–water partition coefficient (Wildman–Crippen LogP) is 1.27. The Morgan fingerprint density at radius 1 is 1.40 bits per heavy atom. The van der Waals surface area contributed by atoms with Crippen LogP contribution in [0.2, 0.25) is 0 Å². The summed E-state index contributed by atoms with van der Waals surface area (Å²) < 4.78 is 2.03. The van der Waals surface area contributed by atoms with Crippen LogP contribution in [0, 0.1) is 0 Å². The van der Waals surface area contributed by atoms with Crippen LogP contribution in [0.3, 0.4) is 0 Å². The molecule has 3 N–H and O–H groups in total. The lowest BCUT2D eigenvalue weighted by atomic mass is 10.1. The zero-order chi connectivity index (χ0) is 10.3. The van der Waals surface area contributed by atoms with E-state index in [4.69, 9.17) is 5.73 Å². The van der Waals surface area contributed by atoms with Crippen LogP contribution in [0.5, 0.6) is 0 Å². The largest absolute Gasteiger partial charge is 0.384 e. The third-order valence-corrected chi connectivity index (χ3v) is 3.40. The Hall–Kier alpha value is -1.03. The van der Waals surface area contributed by atoms with E-state index in [-0.39, 0.29) is 0 Å². The maximum Gasteiger partial charge on any atom is 0.122 e. The summed E-state index contributed by atoms with van der Waals surface area (Å²) in [5.41, 5.74) is 7.22. The Bertz CT molecular complexity index is 347. The maximum absolute atomic E-state index is 6.01. The first-order valence-corrected chi connectivity index (χ1v) is 5.90. The fourth-order valence-corrected chi connectivity index (χ4v) is 2.34. The van der Waals surface area contributed by atoms with E-state index in [9.17, 15) is 0 Å². The smallest absolute Gasteiger partial charge is 0.122 e. The second-order valence-electron chi connectivity index (χ2n) is 4.71. The Kier molecular flexibility index (Phi) is 2.16. The number of anilines is 1. The SMILES string of the molecule is Nc1cc(C2CC2)nn1C1CCCNC1. The van der Waals surface area contributed by atoms with E-state index < -0.39 is 0 Å². The van der Waals surface area contributed by atoms with E-state index in [0.29, 0.717) is 12.0 Å². The van der Waals surface area contributed by atoms with Crippen LogP contribution in [0.25, 0.3) is 0 Å². The summed E-state index contributed by atoms with van der Waals surface area (Å²) in [5, 5.41) is 8.05. The van der Waals surface area contributed by atoms with Gasteiger partial charge in [0.25, 0.3) is 0 Å². The molecule has 1 aliphatic heterocycles. The predicted molar refractivity (Wildman–Crippen MR) is 59.8 cm³/mol. The van der Waals surface area contributed by atoms with Gasteiger partial charge in [-0.25, -0.2) is 4.68 Å². The maximum atomic E-state index is 6.01. The molecule has 0 aromatic carbocycles. The summed E-state index contributed by atoms with van der Waals surface area (Å²) in [7, 11) is 0. The quantitative estimate of drug-likeness (QED) is 0.766. The molecule has 1 aromatic rings. The van der Waals surface area contributed by atoms with Crippen molar-refractivity contribution in [1.29, 1.82) is 0 Å². The number of piperidine rings is 1. The fourth-order valence-electron chi connectivity index (χ4n) is 2.34. The lowest BCUT2D eigenvalue weighted by molar-refractivity contribution is 0.349. The molecule has 2 heterocycles. The van der Waals surface area contributed by atoms with Gasteiger partial charge < -0.3 is 11.1 Å². The molecule has 2 aliphatic rings. The highest BCUT2D eigenvalue weighted by Crippen LogP contribution is 2.40. The van der Waals surface area contributed by atoms with Gasteiger partial charge in [0.2, 0.25) is 0 Å². The average Bonchev–Trinajstić information content (AvgIpc) is 3.04. The number of hydrogen-bond donors (Lipinski definition) is 2. The van der Waals surface area contributed by atoms with Gasteiger partial charge in [0.1, 0.15) is 5.82 Å². The highest BCUT2D eigenvalue weighted by molar-refractivity contribution is 5.34. The summed E-state index contributed by atoms with van der Waals surface area (Å²) in [5.74, 6) is 1.54. The third kappa shape index (κ3) is 1.74. The third-order valence-electron chi connectivity index (χ3n) is 3.40. The molecule has 0 amide bonds. The van der Waals surface area contributed by atoms with Crippen molar-refractivity contribution in [3.05, 3.63) is 11.8 Å². The van der Waals surface area contributed by atoms with Gasteiger partial charge in [-0.05, 0) is 32.2 Å². The standard InChI is InChI=1S/C11H18N4/c12-11-6-10(8-3-4-8)14-15(11)9-2-1-5-13-7-9/h6,8-9,13H,1-5,7,12H2. The van der Waals surface area contributed by atoms with Crippen LogP contribution in [0.15, 0.2) is 6.07 Å². The van der Waals surface area contributed by atoms with Crippen LogP contribution in [0.4, 0.5) is 5.82 Å². The minimum Gasteiger partial charge on any atom is -0.384 e. The first-order valence-electron chi connectivity index (χ1n) is 5.90. The molecule has 0 spiro atoms. The second-order valence-corrected chi connectivity index (χ2v) is 4.71. The second kappa shape index (κ2) is 3.52. The first kappa shape index (κ1) is 9.21. The molecule has 0 radical (unpaired) electrons. The van der Waals surface area contributed by atoms with E-state index in [0.717, 1.165) is 18.9 Å². The van der Waals surface area contributed by atoms with Gasteiger partial charge in [-0.3, -0.25) is 0 Å². The van der Waals surface area contributed by atoms with Crippen molar-refractivity contribution >= 4 is 5.82 Å². The van der Waals surface area contributed by atoms with Crippen molar-refractivity contribution in [2.75, 3.05) is 18.8 Å². The van der Waals surface area contributed by atoms with E-state index in [1.807, 2.05) is 4.68 Å². The summed E-state index contributed by atoms with van der Waals surface area (Å²) in [4.78, 5) is 0. The van der Waals surface area contributed by atoms with Crippen LogP contribution in [-0.4, -0.2) is 22.9 Å². The number of nitrogens with zero attached hydrogens (tertiary/aromatic N) is 2. The fraction of sp³-hybridized carbons (Fsp3) is 0.727. The number of nitrogens with two attached hydrogens (primary N) is 1. The molecule has 1 saturated heterocycles. The van der Waals surface area contributed by atoms with Crippen LogP contribution in [-0.2, 0) is 0 Å². The molecule has 1 aromatic heterocycles. The molecule has 1 atom stereocenters. The zero-order valence-electron chi connectivity index (χ0n) is 8.95. The molecule has 82 valence electrons. The highest BCUT2D eigenvalue weighted by Gasteiger charge is 2.28. The molecule has 1 unspecified atom stereocenters. The van der Waals surface area contributed by atoms with Crippen molar-refractivity contribution in [2.24, 2.45) is 0 Å². The summed E-state index contributed by atoms with van der Waals surface area (Å²) in [6.07, 6.45) is 5.00. The van der Waals surface area contributed by atoms with Crippen LogP contribution < -0.4 is 11.1 Å². The molecule has 3 rings (SSSR count). The minimum absolute atomic E-state index is 0.464. The monoisotopic (exact) mass is 206 g/mol. The Morgan fingerprint density at radius 2 is 2.27 bits per heavy atom. The number of aromatic nitrogens is 2. The van der Waals surface area contributed by atoms with Gasteiger partial charge in [0, 0.05) is 18.5 Å². The topological polar surface area (TPSA) is 55.9 Å². The summed E-state index contributed by atoms with van der Waals surface area (Å²) in [6.45, 7) is 2.14. The van der Waals surface area contributed by atoms with Gasteiger partial charge >= 0.3 is 0 Å². The molecule has 15 heavy (non-hydrogen) atoms. The molecule has 4 nitrogen and oxygen atoms in total. The van der Waals surface area contributed by atoms with Crippen LogP contribution in [0.1, 0.15) is 43.3 Å². The molecular formula is C11H18N4. The van der Waals surface area contributed by atoms with Crippen molar-refractivity contribution in [1.82, 2.24) is 15.1 Å². The summed E-state index contributed by atoms with van der Waals surface area (Å²) in [6, 6.07) is 2.53. The molecule has 2 fully saturated rings. The van der Waals surface area contributed by atoms with E-state index in [2.05, 4.69) is 16.5 Å². The number of nitrogens with one attached hydrogen (secondary N) is 1. The Balaban J connectivity index is 1.82. The average molecular weight is 206 g/mol. The van der Waals surface area contributed by atoms with E-state index >= 15 is 0 Å². The lowest BCUT2D eigenvalue weighted by Crippen LogP contribution is -2.32. The molecular weight excluding hydrogens is 188 g/mol. The number of hydrogen-bond acceptors (Lipinski definition) is 3. The number of nitrogen functional groups attached to an aromatic ring is 1. The van der Waals surface area contributed by atoms with Gasteiger partial charge in [0.05, 0.1) is 11.7 Å². The summed E-state index contributed by atoms with van der Waals surface area (Å²) >= 11 is 0. The molecule has 1 saturated carbocycles. The van der Waals surface area contributed by atoms with E-state index in [1.165, 1.54) is 31.4 Å². The van der Waals surface area contributed by atoms with Crippen molar-refractivity contribution in [3.8, 4) is 0 Å². The zero-order valence-corrected chi connectivity index (χ0v) is 8.95. The molecule has 0 bridgehead atoms. The van der Waals surface area contributed by atoms with E-state index in [1.54, 1.807) is 0 Å². The van der Waals surface area contributed by atoms with Gasteiger partial charge in [-0.1, -0.05) is 0 Å².